The summed E-state index contributed by atoms with van der Waals surface area (Å²) >= 11 is 17.8. The number of alkyl halides is 2. The summed E-state index contributed by atoms with van der Waals surface area (Å²) in [6, 6.07) is 6.02. The van der Waals surface area contributed by atoms with Crippen LogP contribution in [-0.4, -0.2) is 23.2 Å². The zero-order valence-electron chi connectivity index (χ0n) is 14.4. The van der Waals surface area contributed by atoms with Crippen molar-refractivity contribution in [3.8, 4) is 0 Å². The number of benzene rings is 2. The maximum atomic E-state index is 14.0. The minimum absolute atomic E-state index is 0.00648. The van der Waals surface area contributed by atoms with Gasteiger partial charge in [0.2, 0.25) is 5.91 Å². The molecular weight excluding hydrogens is 435 g/mol. The molecule has 3 rings (SSSR count). The Bertz CT molecular complexity index is 969. The largest absolute Gasteiger partial charge is 0.386 e. The summed E-state index contributed by atoms with van der Waals surface area (Å²) in [6.45, 7) is 0. The maximum Gasteiger partial charge on any atom is 0.257 e. The van der Waals surface area contributed by atoms with Gasteiger partial charge in [-0.2, -0.15) is 0 Å². The molecule has 10 heteroatoms. The molecule has 2 aromatic rings. The molecule has 0 spiro atoms. The summed E-state index contributed by atoms with van der Waals surface area (Å²) < 4.78 is 26.4. The number of anilines is 3. The van der Waals surface area contributed by atoms with Crippen molar-refractivity contribution in [1.82, 2.24) is 0 Å². The molecule has 1 saturated carbocycles. The molecule has 1 aliphatic rings. The van der Waals surface area contributed by atoms with Crippen LogP contribution < -0.4 is 16.0 Å². The molecule has 28 heavy (non-hydrogen) atoms. The van der Waals surface area contributed by atoms with Crippen molar-refractivity contribution in [3.63, 3.8) is 0 Å². The highest BCUT2D eigenvalue weighted by atomic mass is 35.5. The first-order valence-corrected chi connectivity index (χ1v) is 9.22. The van der Waals surface area contributed by atoms with Gasteiger partial charge in [0.05, 0.1) is 27.9 Å². The van der Waals surface area contributed by atoms with E-state index in [1.807, 2.05) is 0 Å². The van der Waals surface area contributed by atoms with Crippen molar-refractivity contribution in [2.45, 2.75) is 10.8 Å². The summed E-state index contributed by atoms with van der Waals surface area (Å²) in [5.74, 6) is -3.40. The summed E-state index contributed by atoms with van der Waals surface area (Å²) in [7, 11) is 1.46. The van der Waals surface area contributed by atoms with Gasteiger partial charge in [0.1, 0.15) is 16.0 Å². The minimum Gasteiger partial charge on any atom is -0.386 e. The Morgan fingerprint density at radius 1 is 1.07 bits per heavy atom. The zero-order chi connectivity index (χ0) is 20.6. The van der Waals surface area contributed by atoms with Gasteiger partial charge in [-0.05, 0) is 30.7 Å². The summed E-state index contributed by atoms with van der Waals surface area (Å²) in [4.78, 5) is 24.6. The van der Waals surface area contributed by atoms with Gasteiger partial charge in [-0.1, -0.05) is 11.6 Å². The lowest BCUT2D eigenvalue weighted by molar-refractivity contribution is -0.117. The van der Waals surface area contributed by atoms with E-state index in [9.17, 15) is 18.4 Å². The number of carbonyl (C=O) groups excluding carboxylic acids is 2. The Balaban J connectivity index is 1.79. The Kier molecular flexibility index (Phi) is 5.70. The minimum atomic E-state index is -1.08. The molecule has 0 aliphatic heterocycles. The Labute approximate surface area is 174 Å². The van der Waals surface area contributed by atoms with Crippen molar-refractivity contribution < 1.29 is 18.4 Å². The second-order valence-electron chi connectivity index (χ2n) is 6.22. The Morgan fingerprint density at radius 2 is 1.71 bits per heavy atom. The number of amides is 2. The van der Waals surface area contributed by atoms with E-state index >= 15 is 0 Å². The lowest BCUT2D eigenvalue weighted by atomic mass is 10.1. The number of hydrogen-bond acceptors (Lipinski definition) is 3. The fourth-order valence-electron chi connectivity index (χ4n) is 2.53. The van der Waals surface area contributed by atoms with E-state index < -0.39 is 27.8 Å². The van der Waals surface area contributed by atoms with Gasteiger partial charge in [-0.3, -0.25) is 9.59 Å². The first kappa shape index (κ1) is 20.6. The van der Waals surface area contributed by atoms with Crippen LogP contribution in [0.25, 0.3) is 0 Å². The number of hydrogen-bond donors (Lipinski definition) is 3. The number of halogens is 5. The third kappa shape index (κ3) is 4.32. The highest BCUT2D eigenvalue weighted by Crippen LogP contribution is 2.53. The fraction of sp³-hybridized carbons (Fsp3) is 0.222. The molecule has 1 aliphatic carbocycles. The molecule has 1 atom stereocenters. The van der Waals surface area contributed by atoms with E-state index in [1.54, 1.807) is 0 Å². The lowest BCUT2D eigenvalue weighted by Gasteiger charge is -2.12. The van der Waals surface area contributed by atoms with Crippen molar-refractivity contribution in [3.05, 3.63) is 52.6 Å². The predicted octanol–water partition coefficient (Wildman–Crippen LogP) is 5.04. The molecule has 0 heterocycles. The lowest BCUT2D eigenvalue weighted by Crippen LogP contribution is -2.18. The normalized spacial score (nSPS) is 17.0. The highest BCUT2D eigenvalue weighted by Gasteiger charge is 2.56. The SMILES string of the molecule is CNc1cc(NC(=O)c2cc(NC(=O)[C@H]3CC3(Cl)Cl)ccc2Cl)c(F)cc1F. The van der Waals surface area contributed by atoms with Crippen molar-refractivity contribution in [1.29, 1.82) is 0 Å². The number of nitrogens with one attached hydrogen (secondary N) is 3. The molecular formula is C18H14Cl3F2N3O2. The predicted molar refractivity (Wildman–Crippen MR) is 106 cm³/mol. The molecule has 148 valence electrons. The van der Waals surface area contributed by atoms with E-state index in [1.165, 1.54) is 25.2 Å². The zero-order valence-corrected chi connectivity index (χ0v) is 16.6. The van der Waals surface area contributed by atoms with Crippen LogP contribution in [0.1, 0.15) is 16.8 Å². The standard InChI is InChI=1S/C18H14Cl3F2N3O2/c1-24-14-6-15(13(23)5-12(14)22)26-16(27)9-4-8(2-3-11(9)19)25-17(28)10-7-18(10,20)21/h2-6,10,24H,7H2,1H3,(H,25,28)(H,26,27)/t10-/m1/s1. The van der Waals surface area contributed by atoms with Crippen LogP contribution >= 0.6 is 34.8 Å². The van der Waals surface area contributed by atoms with Gasteiger partial charge in [0.25, 0.3) is 5.91 Å². The van der Waals surface area contributed by atoms with Crippen LogP contribution in [0.15, 0.2) is 30.3 Å². The van der Waals surface area contributed by atoms with Gasteiger partial charge in [-0.25, -0.2) is 8.78 Å². The molecule has 0 unspecified atom stereocenters. The van der Waals surface area contributed by atoms with Gasteiger partial charge >= 0.3 is 0 Å². The van der Waals surface area contributed by atoms with Crippen LogP contribution in [-0.2, 0) is 4.79 Å². The third-order valence-corrected chi connectivity index (χ3v) is 5.36. The third-order valence-electron chi connectivity index (χ3n) is 4.20. The topological polar surface area (TPSA) is 70.2 Å². The second kappa shape index (κ2) is 7.73. The van der Waals surface area contributed by atoms with Gasteiger partial charge < -0.3 is 16.0 Å². The molecule has 0 aromatic heterocycles. The highest BCUT2D eigenvalue weighted by molar-refractivity contribution is 6.52. The quantitative estimate of drug-likeness (QED) is 0.561. The van der Waals surface area contributed by atoms with Crippen LogP contribution in [0.3, 0.4) is 0 Å². The van der Waals surface area contributed by atoms with E-state index in [-0.39, 0.29) is 27.9 Å². The van der Waals surface area contributed by atoms with E-state index in [0.717, 1.165) is 6.07 Å². The summed E-state index contributed by atoms with van der Waals surface area (Å²) in [5, 5.41) is 7.58. The molecule has 5 nitrogen and oxygen atoms in total. The van der Waals surface area contributed by atoms with E-state index in [0.29, 0.717) is 18.2 Å². The number of carbonyl (C=O) groups is 2. The first-order chi connectivity index (χ1) is 13.1. The molecule has 1 fully saturated rings. The maximum absolute atomic E-state index is 14.0. The van der Waals surface area contributed by atoms with Gasteiger partial charge in [0.15, 0.2) is 0 Å². The van der Waals surface area contributed by atoms with Crippen molar-refractivity contribution in [2.24, 2.45) is 5.92 Å². The first-order valence-electron chi connectivity index (χ1n) is 8.09. The molecule has 3 N–H and O–H groups in total. The van der Waals surface area contributed by atoms with E-state index in [4.69, 9.17) is 34.8 Å². The Hall–Kier alpha value is -2.09. The monoisotopic (exact) mass is 447 g/mol. The van der Waals surface area contributed by atoms with Gasteiger partial charge in [-0.15, -0.1) is 23.2 Å². The van der Waals surface area contributed by atoms with Crippen LogP contribution in [0, 0.1) is 17.6 Å². The molecule has 0 radical (unpaired) electrons. The molecule has 2 amide bonds. The van der Waals surface area contributed by atoms with Crippen LogP contribution in [0.2, 0.25) is 5.02 Å². The molecule has 2 aromatic carbocycles. The molecule has 0 saturated heterocycles. The smallest absolute Gasteiger partial charge is 0.257 e. The van der Waals surface area contributed by atoms with Crippen molar-refractivity contribution >= 4 is 63.7 Å². The van der Waals surface area contributed by atoms with Crippen molar-refractivity contribution in [2.75, 3.05) is 23.0 Å². The fourth-order valence-corrected chi connectivity index (χ4v) is 3.24. The second-order valence-corrected chi connectivity index (χ2v) is 8.17. The summed E-state index contributed by atoms with van der Waals surface area (Å²) in [6.07, 6.45) is 0.334. The summed E-state index contributed by atoms with van der Waals surface area (Å²) in [5.41, 5.74) is 0.0752. The van der Waals surface area contributed by atoms with Gasteiger partial charge in [0, 0.05) is 18.8 Å². The number of rotatable bonds is 5. The van der Waals surface area contributed by atoms with Crippen LogP contribution in [0.4, 0.5) is 25.8 Å². The van der Waals surface area contributed by atoms with E-state index in [2.05, 4.69) is 16.0 Å². The Morgan fingerprint density at radius 3 is 2.32 bits per heavy atom. The molecule has 0 bridgehead atoms. The average molecular weight is 449 g/mol. The van der Waals surface area contributed by atoms with Crippen LogP contribution in [0.5, 0.6) is 0 Å². The average Bonchev–Trinajstić information content (AvgIpc) is 3.27.